The van der Waals surface area contributed by atoms with E-state index < -0.39 is 0 Å². The zero-order valence-electron chi connectivity index (χ0n) is 11.6. The molecule has 0 bridgehead atoms. The number of thioether (sulfide) groups is 2. The molecule has 4 heteroatoms. The molecule has 0 saturated carbocycles. The van der Waals surface area contributed by atoms with Crippen LogP contribution in [0.5, 0.6) is 0 Å². The van der Waals surface area contributed by atoms with Crippen LogP contribution < -0.4 is 5.32 Å². The minimum Gasteiger partial charge on any atom is -0.325 e. The quantitative estimate of drug-likeness (QED) is 0.828. The number of hydrogen-bond acceptors (Lipinski definition) is 3. The highest BCUT2D eigenvalue weighted by Gasteiger charge is 2.05. The van der Waals surface area contributed by atoms with Crippen LogP contribution in [-0.2, 0) is 4.79 Å². The average molecular weight is 303 g/mol. The second-order valence-corrected chi connectivity index (χ2v) is 6.23. The van der Waals surface area contributed by atoms with Gasteiger partial charge in [0, 0.05) is 15.5 Å². The second-order valence-electron chi connectivity index (χ2n) is 4.33. The van der Waals surface area contributed by atoms with Crippen molar-refractivity contribution in [3.8, 4) is 0 Å². The lowest BCUT2D eigenvalue weighted by Gasteiger charge is -2.07. The minimum atomic E-state index is 0.0245. The van der Waals surface area contributed by atoms with Crippen LogP contribution in [-0.4, -0.2) is 17.9 Å². The van der Waals surface area contributed by atoms with Crippen LogP contribution in [0.2, 0.25) is 0 Å². The number of hydrogen-bond donors (Lipinski definition) is 1. The molecule has 1 N–H and O–H groups in total. The van der Waals surface area contributed by atoms with E-state index in [0.29, 0.717) is 5.75 Å². The molecule has 104 valence electrons. The first-order chi connectivity index (χ1) is 9.69. The Morgan fingerprint density at radius 1 is 1.15 bits per heavy atom. The maximum Gasteiger partial charge on any atom is 0.234 e. The van der Waals surface area contributed by atoms with E-state index in [-0.39, 0.29) is 5.91 Å². The van der Waals surface area contributed by atoms with Crippen LogP contribution in [0.15, 0.2) is 58.3 Å². The molecule has 2 aromatic rings. The number of carbonyl (C=O) groups excluding carboxylic acids is 1. The highest BCUT2D eigenvalue weighted by Crippen LogP contribution is 2.23. The van der Waals surface area contributed by atoms with Gasteiger partial charge in [0.2, 0.25) is 5.91 Å². The molecule has 2 nitrogen and oxygen atoms in total. The van der Waals surface area contributed by atoms with Crippen LogP contribution in [0.1, 0.15) is 5.56 Å². The Bertz CT molecular complexity index is 599. The molecule has 0 fully saturated rings. The van der Waals surface area contributed by atoms with Gasteiger partial charge in [0.25, 0.3) is 0 Å². The van der Waals surface area contributed by atoms with Gasteiger partial charge in [-0.25, -0.2) is 0 Å². The first-order valence-electron chi connectivity index (χ1n) is 6.31. The number of aryl methyl sites for hydroxylation is 1. The van der Waals surface area contributed by atoms with Gasteiger partial charge in [0.1, 0.15) is 0 Å². The Morgan fingerprint density at radius 3 is 2.70 bits per heavy atom. The van der Waals surface area contributed by atoms with E-state index in [9.17, 15) is 4.79 Å². The molecule has 20 heavy (non-hydrogen) atoms. The molecule has 0 aromatic heterocycles. The summed E-state index contributed by atoms with van der Waals surface area (Å²) < 4.78 is 0. The number of anilines is 1. The van der Waals surface area contributed by atoms with E-state index in [1.165, 1.54) is 5.56 Å². The van der Waals surface area contributed by atoms with E-state index in [4.69, 9.17) is 0 Å². The summed E-state index contributed by atoms with van der Waals surface area (Å²) in [6.07, 6.45) is 2.02. The van der Waals surface area contributed by atoms with E-state index in [2.05, 4.69) is 18.3 Å². The normalized spacial score (nSPS) is 10.3. The van der Waals surface area contributed by atoms with Crippen molar-refractivity contribution in [3.05, 3.63) is 54.1 Å². The van der Waals surface area contributed by atoms with Gasteiger partial charge < -0.3 is 5.32 Å². The van der Waals surface area contributed by atoms with E-state index in [1.807, 2.05) is 48.7 Å². The Labute approximate surface area is 128 Å². The molecular weight excluding hydrogens is 286 g/mol. The summed E-state index contributed by atoms with van der Waals surface area (Å²) >= 11 is 3.23. The second kappa shape index (κ2) is 7.41. The maximum absolute atomic E-state index is 12.0. The number of rotatable bonds is 5. The van der Waals surface area contributed by atoms with Gasteiger partial charge in [-0.2, -0.15) is 0 Å². The maximum atomic E-state index is 12.0. The summed E-state index contributed by atoms with van der Waals surface area (Å²) in [5.74, 6) is 0.449. The standard InChI is InChI=1S/C16H17NOS2/c1-12-6-3-4-9-15(12)20-11-16(18)17-13-7-5-8-14(10-13)19-2/h3-10H,11H2,1-2H3,(H,17,18). The summed E-state index contributed by atoms with van der Waals surface area (Å²) in [6, 6.07) is 16.0. The molecule has 0 heterocycles. The fraction of sp³-hybridized carbons (Fsp3) is 0.188. The van der Waals surface area contributed by atoms with Crippen molar-refractivity contribution in [2.24, 2.45) is 0 Å². The molecule has 0 spiro atoms. The zero-order chi connectivity index (χ0) is 14.4. The van der Waals surface area contributed by atoms with Crippen LogP contribution in [0.3, 0.4) is 0 Å². The first kappa shape index (κ1) is 15.0. The monoisotopic (exact) mass is 303 g/mol. The van der Waals surface area contributed by atoms with Crippen molar-refractivity contribution in [3.63, 3.8) is 0 Å². The molecule has 0 saturated heterocycles. The molecule has 0 aliphatic carbocycles. The molecule has 0 aliphatic rings. The summed E-state index contributed by atoms with van der Waals surface area (Å²) in [5.41, 5.74) is 2.06. The van der Waals surface area contributed by atoms with Crippen molar-refractivity contribution in [2.45, 2.75) is 16.7 Å². The molecule has 0 atom stereocenters. The molecule has 1 amide bonds. The van der Waals surface area contributed by atoms with Gasteiger partial charge in [-0.1, -0.05) is 24.3 Å². The van der Waals surface area contributed by atoms with Crippen molar-refractivity contribution in [2.75, 3.05) is 17.3 Å². The Morgan fingerprint density at radius 2 is 1.95 bits per heavy atom. The summed E-state index contributed by atoms with van der Waals surface area (Å²) in [5, 5.41) is 2.93. The van der Waals surface area contributed by atoms with Crippen molar-refractivity contribution in [1.29, 1.82) is 0 Å². The molecular formula is C16H17NOS2. The van der Waals surface area contributed by atoms with Crippen LogP contribution in [0, 0.1) is 6.92 Å². The van der Waals surface area contributed by atoms with Crippen LogP contribution in [0.4, 0.5) is 5.69 Å². The van der Waals surface area contributed by atoms with Crippen LogP contribution >= 0.6 is 23.5 Å². The minimum absolute atomic E-state index is 0.0245. The molecule has 2 aromatic carbocycles. The molecule has 0 radical (unpaired) electrons. The largest absolute Gasteiger partial charge is 0.325 e. The third-order valence-corrected chi connectivity index (χ3v) is 4.71. The van der Waals surface area contributed by atoms with Crippen molar-refractivity contribution >= 4 is 35.1 Å². The highest BCUT2D eigenvalue weighted by molar-refractivity contribution is 8.00. The zero-order valence-corrected chi connectivity index (χ0v) is 13.2. The fourth-order valence-electron chi connectivity index (χ4n) is 1.76. The summed E-state index contributed by atoms with van der Waals surface area (Å²) in [4.78, 5) is 14.3. The van der Waals surface area contributed by atoms with Gasteiger partial charge in [-0.15, -0.1) is 23.5 Å². The molecule has 0 unspecified atom stereocenters. The fourth-order valence-corrected chi connectivity index (χ4v) is 3.05. The Balaban J connectivity index is 1.91. The van der Waals surface area contributed by atoms with E-state index in [1.54, 1.807) is 23.5 Å². The van der Waals surface area contributed by atoms with Crippen molar-refractivity contribution in [1.82, 2.24) is 0 Å². The number of carbonyl (C=O) groups is 1. The van der Waals surface area contributed by atoms with Crippen molar-refractivity contribution < 1.29 is 4.79 Å². The summed E-state index contributed by atoms with van der Waals surface area (Å²) in [7, 11) is 0. The Kier molecular flexibility index (Phi) is 5.56. The number of amides is 1. The van der Waals surface area contributed by atoms with Gasteiger partial charge in [0.15, 0.2) is 0 Å². The van der Waals surface area contributed by atoms with E-state index in [0.717, 1.165) is 15.5 Å². The molecule has 2 rings (SSSR count). The highest BCUT2D eigenvalue weighted by atomic mass is 32.2. The average Bonchev–Trinajstić information content (AvgIpc) is 2.46. The number of nitrogens with one attached hydrogen (secondary N) is 1. The van der Waals surface area contributed by atoms with Crippen LogP contribution in [0.25, 0.3) is 0 Å². The Hall–Kier alpha value is -1.39. The summed E-state index contributed by atoms with van der Waals surface area (Å²) in [6.45, 7) is 2.06. The third kappa shape index (κ3) is 4.32. The molecule has 0 aliphatic heterocycles. The number of benzene rings is 2. The SMILES string of the molecule is CSc1cccc(NC(=O)CSc2ccccc2C)c1. The van der Waals surface area contributed by atoms with E-state index >= 15 is 0 Å². The lowest BCUT2D eigenvalue weighted by Crippen LogP contribution is -2.14. The van der Waals surface area contributed by atoms with Gasteiger partial charge in [-0.3, -0.25) is 4.79 Å². The predicted molar refractivity (Wildman–Crippen MR) is 88.8 cm³/mol. The predicted octanol–water partition coefficient (Wildman–Crippen LogP) is 4.45. The van der Waals surface area contributed by atoms with Gasteiger partial charge in [0.05, 0.1) is 5.75 Å². The van der Waals surface area contributed by atoms with Gasteiger partial charge >= 0.3 is 0 Å². The lowest BCUT2D eigenvalue weighted by molar-refractivity contribution is -0.113. The van der Waals surface area contributed by atoms with Gasteiger partial charge in [-0.05, 0) is 43.0 Å². The smallest absolute Gasteiger partial charge is 0.234 e. The topological polar surface area (TPSA) is 29.1 Å². The first-order valence-corrected chi connectivity index (χ1v) is 8.52. The third-order valence-electron chi connectivity index (χ3n) is 2.81. The lowest BCUT2D eigenvalue weighted by atomic mass is 10.2.